The molecule has 1 aliphatic rings. The molecule has 1 aliphatic heterocycles. The molecule has 0 aliphatic carbocycles. The number of hydrazine groups is 1. The fraction of sp³-hybridized carbons (Fsp3) is 0. The Balaban J connectivity index is 1.82. The summed E-state index contributed by atoms with van der Waals surface area (Å²) in [6.45, 7) is 0. The van der Waals surface area contributed by atoms with E-state index < -0.39 is 17.8 Å². The minimum Gasteiger partial charge on any atom is -0.478 e. The van der Waals surface area contributed by atoms with Crippen LogP contribution < -0.4 is 10.4 Å². The van der Waals surface area contributed by atoms with Crippen molar-refractivity contribution in [3.63, 3.8) is 0 Å². The summed E-state index contributed by atoms with van der Waals surface area (Å²) in [5.41, 5.74) is 4.55. The van der Waals surface area contributed by atoms with Crippen LogP contribution >= 0.6 is 22.6 Å². The number of amides is 2. The first-order chi connectivity index (χ1) is 12.4. The zero-order chi connectivity index (χ0) is 18.7. The molecule has 0 spiro atoms. The van der Waals surface area contributed by atoms with Crippen LogP contribution in [0.2, 0.25) is 0 Å². The Bertz CT molecular complexity index is 931. The topological polar surface area (TPSA) is 86.7 Å². The lowest BCUT2D eigenvalue weighted by atomic mass is 10.1. The van der Waals surface area contributed by atoms with Crippen LogP contribution in [-0.4, -0.2) is 22.9 Å². The van der Waals surface area contributed by atoms with E-state index in [2.05, 4.69) is 28.0 Å². The molecule has 0 saturated carbocycles. The first kappa shape index (κ1) is 17.9. The van der Waals surface area contributed by atoms with Crippen LogP contribution in [0.25, 0.3) is 12.2 Å². The van der Waals surface area contributed by atoms with Crippen LogP contribution in [-0.2, 0) is 14.4 Å². The van der Waals surface area contributed by atoms with E-state index in [0.717, 1.165) is 9.65 Å². The molecule has 2 amide bonds. The van der Waals surface area contributed by atoms with Gasteiger partial charge in [-0.05, 0) is 70.1 Å². The van der Waals surface area contributed by atoms with E-state index in [0.29, 0.717) is 16.8 Å². The van der Waals surface area contributed by atoms with E-state index in [9.17, 15) is 14.4 Å². The van der Waals surface area contributed by atoms with E-state index >= 15 is 0 Å². The monoisotopic (exact) mass is 460 g/mol. The minimum absolute atomic E-state index is 0.0392. The van der Waals surface area contributed by atoms with Gasteiger partial charge < -0.3 is 5.11 Å². The molecular formula is C19H13IN2O4. The summed E-state index contributed by atoms with van der Waals surface area (Å²) in [7, 11) is 0. The van der Waals surface area contributed by atoms with Crippen molar-refractivity contribution in [2.75, 3.05) is 5.01 Å². The molecule has 1 fully saturated rings. The number of nitrogens with one attached hydrogen (secondary N) is 1. The maximum Gasteiger partial charge on any atom is 0.328 e. The van der Waals surface area contributed by atoms with Gasteiger partial charge >= 0.3 is 5.97 Å². The summed E-state index contributed by atoms with van der Waals surface area (Å²) in [4.78, 5) is 35.2. The van der Waals surface area contributed by atoms with Crippen molar-refractivity contribution in [2.24, 2.45) is 0 Å². The number of carbonyl (C=O) groups excluding carboxylic acids is 2. The Morgan fingerprint density at radius 3 is 2.23 bits per heavy atom. The third-order valence-electron chi connectivity index (χ3n) is 3.64. The number of benzene rings is 2. The van der Waals surface area contributed by atoms with Crippen molar-refractivity contribution in [3.05, 3.63) is 74.9 Å². The Kier molecular flexibility index (Phi) is 5.17. The molecule has 6 nitrogen and oxygen atoms in total. The van der Waals surface area contributed by atoms with Crippen molar-refractivity contribution >= 4 is 58.2 Å². The van der Waals surface area contributed by atoms with E-state index in [-0.39, 0.29) is 5.57 Å². The van der Waals surface area contributed by atoms with Crippen LogP contribution in [0.15, 0.2) is 60.2 Å². The number of anilines is 1. The molecule has 26 heavy (non-hydrogen) atoms. The second kappa shape index (κ2) is 7.52. The van der Waals surface area contributed by atoms with Crippen LogP contribution in [0.5, 0.6) is 0 Å². The highest BCUT2D eigenvalue weighted by Gasteiger charge is 2.34. The van der Waals surface area contributed by atoms with E-state index in [1.54, 1.807) is 36.4 Å². The second-order valence-electron chi connectivity index (χ2n) is 5.45. The lowest BCUT2D eigenvalue weighted by Crippen LogP contribution is -2.35. The van der Waals surface area contributed by atoms with Crippen molar-refractivity contribution in [1.82, 2.24) is 5.43 Å². The first-order valence-electron chi connectivity index (χ1n) is 7.58. The lowest BCUT2D eigenvalue weighted by Gasteiger charge is -2.14. The molecular weight excluding hydrogens is 447 g/mol. The maximum atomic E-state index is 12.5. The number of halogens is 1. The molecule has 1 saturated heterocycles. The van der Waals surface area contributed by atoms with Gasteiger partial charge in [-0.2, -0.15) is 0 Å². The smallest absolute Gasteiger partial charge is 0.328 e. The average molecular weight is 460 g/mol. The van der Waals surface area contributed by atoms with Gasteiger partial charge in [-0.15, -0.1) is 0 Å². The predicted molar refractivity (Wildman–Crippen MR) is 106 cm³/mol. The van der Waals surface area contributed by atoms with Gasteiger partial charge in [0.25, 0.3) is 11.8 Å². The third-order valence-corrected chi connectivity index (χ3v) is 4.36. The van der Waals surface area contributed by atoms with Gasteiger partial charge in [0.15, 0.2) is 0 Å². The minimum atomic E-state index is -1.03. The lowest BCUT2D eigenvalue weighted by molar-refractivity contribution is -0.131. The number of hydrogen-bond acceptors (Lipinski definition) is 3. The molecule has 2 N–H and O–H groups in total. The summed E-state index contributed by atoms with van der Waals surface area (Å²) >= 11 is 2.16. The molecule has 1 heterocycles. The molecule has 130 valence electrons. The number of carbonyl (C=O) groups is 3. The summed E-state index contributed by atoms with van der Waals surface area (Å²) in [5, 5.41) is 9.84. The third kappa shape index (κ3) is 3.99. The zero-order valence-electron chi connectivity index (χ0n) is 13.3. The van der Waals surface area contributed by atoms with Gasteiger partial charge in [0, 0.05) is 9.65 Å². The van der Waals surface area contributed by atoms with Gasteiger partial charge in [-0.25, -0.2) is 9.80 Å². The number of nitrogens with zero attached hydrogens (tertiary/aromatic N) is 1. The van der Waals surface area contributed by atoms with E-state index in [4.69, 9.17) is 5.11 Å². The van der Waals surface area contributed by atoms with Crippen LogP contribution in [0.1, 0.15) is 11.1 Å². The van der Waals surface area contributed by atoms with E-state index in [1.165, 1.54) is 17.2 Å². The number of rotatable bonds is 4. The summed E-state index contributed by atoms with van der Waals surface area (Å²) in [6, 6.07) is 14.0. The van der Waals surface area contributed by atoms with Crippen molar-refractivity contribution in [3.8, 4) is 0 Å². The summed E-state index contributed by atoms with van der Waals surface area (Å²) < 4.78 is 1.03. The molecule has 0 radical (unpaired) electrons. The van der Waals surface area contributed by atoms with Gasteiger partial charge in [-0.1, -0.05) is 24.3 Å². The zero-order valence-corrected chi connectivity index (χ0v) is 15.5. The molecule has 0 atom stereocenters. The van der Waals surface area contributed by atoms with Gasteiger partial charge in [0.2, 0.25) is 0 Å². The van der Waals surface area contributed by atoms with Crippen LogP contribution in [0.4, 0.5) is 5.69 Å². The Labute approximate surface area is 162 Å². The van der Waals surface area contributed by atoms with Crippen molar-refractivity contribution in [1.29, 1.82) is 0 Å². The molecule has 0 unspecified atom stereocenters. The highest BCUT2D eigenvalue weighted by atomic mass is 127. The average Bonchev–Trinajstić information content (AvgIpc) is 2.90. The van der Waals surface area contributed by atoms with E-state index in [1.807, 2.05) is 12.1 Å². The number of hydrogen-bond donors (Lipinski definition) is 2. The number of carboxylic acids is 1. The van der Waals surface area contributed by atoms with Gasteiger partial charge in [-0.3, -0.25) is 15.0 Å². The Hall–Kier alpha value is -2.94. The van der Waals surface area contributed by atoms with Crippen molar-refractivity contribution < 1.29 is 19.5 Å². The normalized spacial score (nSPS) is 15.7. The molecule has 2 aromatic carbocycles. The first-order valence-corrected chi connectivity index (χ1v) is 8.66. The summed E-state index contributed by atoms with van der Waals surface area (Å²) in [5.74, 6) is -1.92. The highest BCUT2D eigenvalue weighted by molar-refractivity contribution is 14.1. The molecule has 7 heteroatoms. The maximum absolute atomic E-state index is 12.5. The molecule has 2 aromatic rings. The number of aliphatic carboxylic acids is 1. The van der Waals surface area contributed by atoms with Crippen molar-refractivity contribution in [2.45, 2.75) is 0 Å². The largest absolute Gasteiger partial charge is 0.478 e. The Morgan fingerprint density at radius 2 is 1.62 bits per heavy atom. The molecule has 3 rings (SSSR count). The van der Waals surface area contributed by atoms with Crippen LogP contribution in [0, 0.1) is 3.57 Å². The molecule has 0 aromatic heterocycles. The number of carboxylic acid groups (broad SMARTS) is 1. The Morgan fingerprint density at radius 1 is 1.00 bits per heavy atom. The quantitative estimate of drug-likeness (QED) is 0.418. The fourth-order valence-corrected chi connectivity index (χ4v) is 2.73. The highest BCUT2D eigenvalue weighted by Crippen LogP contribution is 2.22. The SMILES string of the molecule is O=C(O)/C=C/c1ccc(/C=C2/C(=O)NN(c3ccc(I)cc3)C2=O)cc1. The van der Waals surface area contributed by atoms with Crippen LogP contribution in [0.3, 0.4) is 0 Å². The van der Waals surface area contributed by atoms with Gasteiger partial charge in [0.1, 0.15) is 5.57 Å². The predicted octanol–water partition coefficient (Wildman–Crippen LogP) is 2.85. The molecule has 0 bridgehead atoms. The standard InChI is InChI=1S/C19H13IN2O4/c20-14-6-8-15(9-7-14)22-19(26)16(18(25)21-22)11-13-3-1-12(2-4-13)5-10-17(23)24/h1-11H,(H,21,25)(H,23,24)/b10-5+,16-11-. The fourth-order valence-electron chi connectivity index (χ4n) is 2.37. The second-order valence-corrected chi connectivity index (χ2v) is 6.70. The van der Waals surface area contributed by atoms with Gasteiger partial charge in [0.05, 0.1) is 5.69 Å². The summed E-state index contributed by atoms with van der Waals surface area (Å²) in [6.07, 6.45) is 4.01.